The number of nitrogens with zero attached hydrogens (tertiary/aromatic N) is 2. The van der Waals surface area contributed by atoms with Crippen LogP contribution in [-0.4, -0.2) is 32.8 Å². The van der Waals surface area contributed by atoms with Gasteiger partial charge in [-0.15, -0.1) is 0 Å². The molecule has 0 saturated carbocycles. The SMILES string of the molecule is COc1ccc(C2=NN(S(=O)(=O)c3ccc(C)cc3)[C@@H](c3ccc(Cl)cc3)C2)c(OC)c1. The lowest BCUT2D eigenvalue weighted by atomic mass is 9.98. The fourth-order valence-corrected chi connectivity index (χ4v) is 5.22. The van der Waals surface area contributed by atoms with E-state index in [1.807, 2.05) is 25.1 Å². The van der Waals surface area contributed by atoms with Gasteiger partial charge in [0.25, 0.3) is 10.0 Å². The van der Waals surface area contributed by atoms with E-state index in [-0.39, 0.29) is 4.90 Å². The minimum absolute atomic E-state index is 0.189. The van der Waals surface area contributed by atoms with E-state index >= 15 is 0 Å². The van der Waals surface area contributed by atoms with Gasteiger partial charge in [-0.25, -0.2) is 0 Å². The summed E-state index contributed by atoms with van der Waals surface area (Å²) in [6.07, 6.45) is 0.384. The third-order valence-corrected chi connectivity index (χ3v) is 7.36. The van der Waals surface area contributed by atoms with Gasteiger partial charge >= 0.3 is 0 Å². The van der Waals surface area contributed by atoms with Gasteiger partial charge in [0.05, 0.1) is 30.9 Å². The van der Waals surface area contributed by atoms with Crippen LogP contribution >= 0.6 is 11.6 Å². The minimum Gasteiger partial charge on any atom is -0.497 e. The number of aryl methyl sites for hydroxylation is 1. The Labute approximate surface area is 193 Å². The first kappa shape index (κ1) is 22.2. The van der Waals surface area contributed by atoms with Crippen LogP contribution in [0.5, 0.6) is 11.5 Å². The van der Waals surface area contributed by atoms with Gasteiger partial charge in [-0.1, -0.05) is 41.4 Å². The molecule has 0 aromatic heterocycles. The fourth-order valence-electron chi connectivity index (χ4n) is 3.66. The maximum Gasteiger partial charge on any atom is 0.279 e. The normalized spacial score (nSPS) is 16.1. The molecule has 3 aromatic rings. The monoisotopic (exact) mass is 470 g/mol. The second-order valence-corrected chi connectivity index (χ2v) is 9.71. The second-order valence-electron chi connectivity index (χ2n) is 7.48. The Kier molecular flexibility index (Phi) is 6.13. The highest BCUT2D eigenvalue weighted by Gasteiger charge is 2.38. The van der Waals surface area contributed by atoms with Gasteiger partial charge < -0.3 is 9.47 Å². The van der Waals surface area contributed by atoms with Crippen molar-refractivity contribution in [2.24, 2.45) is 5.10 Å². The number of rotatable bonds is 6. The number of hydrogen-bond acceptors (Lipinski definition) is 5. The third-order valence-electron chi connectivity index (χ3n) is 5.41. The Morgan fingerprint density at radius 3 is 2.28 bits per heavy atom. The molecule has 1 aliphatic heterocycles. The van der Waals surface area contributed by atoms with Gasteiger partial charge in [-0.2, -0.15) is 17.9 Å². The highest BCUT2D eigenvalue weighted by molar-refractivity contribution is 7.89. The Balaban J connectivity index is 1.82. The van der Waals surface area contributed by atoms with Gasteiger partial charge in [-0.3, -0.25) is 0 Å². The van der Waals surface area contributed by atoms with E-state index in [0.717, 1.165) is 11.1 Å². The van der Waals surface area contributed by atoms with Crippen LogP contribution < -0.4 is 9.47 Å². The van der Waals surface area contributed by atoms with E-state index in [0.29, 0.717) is 34.2 Å². The summed E-state index contributed by atoms with van der Waals surface area (Å²) in [5, 5.41) is 5.16. The predicted molar refractivity (Wildman–Crippen MR) is 125 cm³/mol. The lowest BCUT2D eigenvalue weighted by Crippen LogP contribution is -2.27. The topological polar surface area (TPSA) is 68.2 Å². The molecular weight excluding hydrogens is 448 g/mol. The van der Waals surface area contributed by atoms with E-state index in [1.54, 1.807) is 62.8 Å². The Morgan fingerprint density at radius 1 is 0.969 bits per heavy atom. The zero-order valence-corrected chi connectivity index (χ0v) is 19.5. The Bertz CT molecular complexity index is 1260. The molecule has 0 aliphatic carbocycles. The predicted octanol–water partition coefficient (Wildman–Crippen LogP) is 5.21. The van der Waals surface area contributed by atoms with Crippen molar-refractivity contribution in [3.63, 3.8) is 0 Å². The highest BCUT2D eigenvalue weighted by Crippen LogP contribution is 2.39. The number of hydrazone groups is 1. The van der Waals surface area contributed by atoms with Crippen molar-refractivity contribution in [1.29, 1.82) is 0 Å². The molecule has 1 heterocycles. The molecule has 0 saturated heterocycles. The molecule has 0 fully saturated rings. The van der Waals surface area contributed by atoms with E-state index < -0.39 is 16.1 Å². The van der Waals surface area contributed by atoms with Crippen LogP contribution in [0.4, 0.5) is 0 Å². The first-order chi connectivity index (χ1) is 15.3. The van der Waals surface area contributed by atoms with Crippen molar-refractivity contribution < 1.29 is 17.9 Å². The molecule has 0 radical (unpaired) electrons. The summed E-state index contributed by atoms with van der Waals surface area (Å²) in [5.41, 5.74) is 3.11. The molecule has 0 unspecified atom stereocenters. The minimum atomic E-state index is -3.89. The van der Waals surface area contributed by atoms with Crippen molar-refractivity contribution in [1.82, 2.24) is 4.41 Å². The molecule has 1 aliphatic rings. The zero-order chi connectivity index (χ0) is 22.9. The van der Waals surface area contributed by atoms with E-state index in [4.69, 9.17) is 21.1 Å². The number of hydrogen-bond donors (Lipinski definition) is 0. The molecular formula is C24H23ClN2O4S. The maximum absolute atomic E-state index is 13.6. The van der Waals surface area contributed by atoms with Crippen molar-refractivity contribution in [2.45, 2.75) is 24.3 Å². The molecule has 166 valence electrons. The molecule has 0 bridgehead atoms. The summed E-state index contributed by atoms with van der Waals surface area (Å²) < 4.78 is 39.1. The Morgan fingerprint density at radius 2 is 1.66 bits per heavy atom. The zero-order valence-electron chi connectivity index (χ0n) is 17.9. The molecule has 0 spiro atoms. The van der Waals surface area contributed by atoms with Crippen LogP contribution in [0.3, 0.4) is 0 Å². The largest absolute Gasteiger partial charge is 0.497 e. The average Bonchev–Trinajstić information content (AvgIpc) is 3.25. The van der Waals surface area contributed by atoms with Crippen LogP contribution in [-0.2, 0) is 10.0 Å². The van der Waals surface area contributed by atoms with Gasteiger partial charge in [0, 0.05) is 23.1 Å². The van der Waals surface area contributed by atoms with Crippen molar-refractivity contribution in [3.05, 3.63) is 88.4 Å². The average molecular weight is 471 g/mol. The molecule has 0 amide bonds. The summed E-state index contributed by atoms with van der Waals surface area (Å²) in [6.45, 7) is 1.91. The highest BCUT2D eigenvalue weighted by atomic mass is 35.5. The number of benzene rings is 3. The summed E-state index contributed by atoms with van der Waals surface area (Å²) in [6, 6.07) is 18.8. The number of methoxy groups -OCH3 is 2. The van der Waals surface area contributed by atoms with E-state index in [1.165, 1.54) is 4.41 Å². The standard InChI is InChI=1S/C24H23ClN2O4S/c1-16-4-11-20(12-5-16)32(28,29)27-23(17-6-8-18(25)9-7-17)15-22(26-27)21-13-10-19(30-2)14-24(21)31-3/h4-14,23H,15H2,1-3H3/t23-/m1/s1. The molecule has 8 heteroatoms. The Hall–Kier alpha value is -3.03. The van der Waals surface area contributed by atoms with Crippen LogP contribution in [0.15, 0.2) is 76.7 Å². The number of sulfonamides is 1. The number of ether oxygens (including phenoxy) is 2. The third kappa shape index (κ3) is 4.18. The molecule has 1 atom stereocenters. The summed E-state index contributed by atoms with van der Waals surface area (Å²) in [4.78, 5) is 0.189. The van der Waals surface area contributed by atoms with Crippen molar-refractivity contribution in [2.75, 3.05) is 14.2 Å². The van der Waals surface area contributed by atoms with E-state index in [9.17, 15) is 8.42 Å². The molecule has 6 nitrogen and oxygen atoms in total. The lowest BCUT2D eigenvalue weighted by Gasteiger charge is -2.23. The van der Waals surface area contributed by atoms with Gasteiger partial charge in [0.15, 0.2) is 0 Å². The molecule has 3 aromatic carbocycles. The summed E-state index contributed by atoms with van der Waals surface area (Å²) >= 11 is 6.06. The van der Waals surface area contributed by atoms with Crippen LogP contribution in [0, 0.1) is 6.92 Å². The first-order valence-electron chi connectivity index (χ1n) is 10.00. The summed E-state index contributed by atoms with van der Waals surface area (Å²) in [7, 11) is -0.751. The summed E-state index contributed by atoms with van der Waals surface area (Å²) in [5.74, 6) is 1.20. The maximum atomic E-state index is 13.6. The van der Waals surface area contributed by atoms with Gasteiger partial charge in [-0.05, 0) is 48.9 Å². The van der Waals surface area contributed by atoms with Crippen molar-refractivity contribution in [3.8, 4) is 11.5 Å². The quantitative estimate of drug-likeness (QED) is 0.496. The lowest BCUT2D eigenvalue weighted by molar-refractivity contribution is 0.371. The molecule has 32 heavy (non-hydrogen) atoms. The fraction of sp³-hybridized carbons (Fsp3) is 0.208. The second kappa shape index (κ2) is 8.84. The van der Waals surface area contributed by atoms with Crippen molar-refractivity contribution >= 4 is 27.3 Å². The van der Waals surface area contributed by atoms with Gasteiger partial charge in [0.1, 0.15) is 11.5 Å². The molecule has 4 rings (SSSR count). The van der Waals surface area contributed by atoms with Gasteiger partial charge in [0.2, 0.25) is 0 Å². The van der Waals surface area contributed by atoms with Crippen LogP contribution in [0.2, 0.25) is 5.02 Å². The smallest absolute Gasteiger partial charge is 0.279 e. The molecule has 0 N–H and O–H groups in total. The van der Waals surface area contributed by atoms with E-state index in [2.05, 4.69) is 5.10 Å². The first-order valence-corrected chi connectivity index (χ1v) is 11.8. The van der Waals surface area contributed by atoms with Crippen LogP contribution in [0.25, 0.3) is 0 Å². The number of halogens is 1. The van der Waals surface area contributed by atoms with Crippen LogP contribution in [0.1, 0.15) is 29.2 Å².